The van der Waals surface area contributed by atoms with E-state index in [4.69, 9.17) is 4.74 Å². The third-order valence-electron chi connectivity index (χ3n) is 6.30. The smallest absolute Gasteiger partial charge is 0.310 e. The molecule has 0 aromatic heterocycles. The summed E-state index contributed by atoms with van der Waals surface area (Å²) in [7, 11) is 0. The summed E-state index contributed by atoms with van der Waals surface area (Å²) in [5.41, 5.74) is 3.88. The fraction of sp³-hybridized carbons (Fsp3) is 0.480. The van der Waals surface area contributed by atoms with E-state index in [0.717, 1.165) is 18.9 Å². The van der Waals surface area contributed by atoms with Crippen LogP contribution >= 0.6 is 0 Å². The Hall–Kier alpha value is -2.13. The van der Waals surface area contributed by atoms with E-state index in [-0.39, 0.29) is 11.4 Å². The van der Waals surface area contributed by atoms with E-state index in [2.05, 4.69) is 48.2 Å². The molecular formula is C25H31NO2. The molecule has 1 atom stereocenters. The molecule has 2 fully saturated rings. The van der Waals surface area contributed by atoms with E-state index in [1.54, 1.807) is 0 Å². The summed E-state index contributed by atoms with van der Waals surface area (Å²) >= 11 is 0. The number of hydrogen-bond donors (Lipinski definition) is 0. The second-order valence-electron chi connectivity index (χ2n) is 8.59. The van der Waals surface area contributed by atoms with Gasteiger partial charge in [-0.1, -0.05) is 48.9 Å². The van der Waals surface area contributed by atoms with Gasteiger partial charge in [-0.3, -0.25) is 4.79 Å². The van der Waals surface area contributed by atoms with Crippen LogP contribution in [0.15, 0.2) is 48.5 Å². The molecule has 1 aliphatic heterocycles. The maximum atomic E-state index is 11.8. The van der Waals surface area contributed by atoms with Crippen molar-refractivity contribution < 1.29 is 9.53 Å². The number of carbonyl (C=O) groups excluding carboxylic acids is 1. The van der Waals surface area contributed by atoms with Crippen LogP contribution < -0.4 is 4.74 Å². The van der Waals surface area contributed by atoms with Gasteiger partial charge >= 0.3 is 5.97 Å². The summed E-state index contributed by atoms with van der Waals surface area (Å²) in [5.74, 6) is 1.38. The van der Waals surface area contributed by atoms with Gasteiger partial charge in [-0.2, -0.15) is 0 Å². The Morgan fingerprint density at radius 3 is 2.64 bits per heavy atom. The number of hydrogen-bond acceptors (Lipinski definition) is 3. The van der Waals surface area contributed by atoms with Crippen LogP contribution in [0.3, 0.4) is 0 Å². The average Bonchev–Trinajstić information content (AvgIpc) is 3.52. The molecule has 28 heavy (non-hydrogen) atoms. The normalized spacial score (nSPS) is 22.8. The van der Waals surface area contributed by atoms with Crippen molar-refractivity contribution in [1.29, 1.82) is 0 Å². The van der Waals surface area contributed by atoms with Crippen molar-refractivity contribution in [3.63, 3.8) is 0 Å². The predicted octanol–water partition coefficient (Wildman–Crippen LogP) is 5.10. The van der Waals surface area contributed by atoms with Gasteiger partial charge < -0.3 is 9.64 Å². The number of esters is 1. The largest absolute Gasteiger partial charge is 0.427 e. The molecule has 1 unspecified atom stereocenters. The number of carbonyl (C=O) groups is 1. The van der Waals surface area contributed by atoms with E-state index < -0.39 is 0 Å². The number of likely N-dealkylation sites (tertiary alicyclic amines) is 1. The molecule has 1 aliphatic carbocycles. The maximum Gasteiger partial charge on any atom is 0.310 e. The number of piperidine rings is 1. The van der Waals surface area contributed by atoms with Crippen molar-refractivity contribution in [2.24, 2.45) is 5.92 Å². The van der Waals surface area contributed by atoms with Crippen LogP contribution in [0.5, 0.6) is 5.75 Å². The average molecular weight is 378 g/mol. The first-order chi connectivity index (χ1) is 13.6. The standard InChI is InChI=1S/C25H31NO2/c1-3-24(27)28-23-7-4-6-22(16-23)25(21-12-8-19(2)9-13-21)14-5-15-26(18-25)17-20-10-11-20/h4,6-9,12-13,16,20H,3,5,10-11,14-15,17-18H2,1-2H3. The van der Waals surface area contributed by atoms with E-state index in [9.17, 15) is 4.79 Å². The monoisotopic (exact) mass is 377 g/mol. The Labute approximate surface area is 168 Å². The first-order valence-corrected chi connectivity index (χ1v) is 10.7. The number of aryl methyl sites for hydroxylation is 1. The quantitative estimate of drug-likeness (QED) is 0.518. The van der Waals surface area contributed by atoms with Gasteiger partial charge in [-0.05, 0) is 68.3 Å². The minimum Gasteiger partial charge on any atom is -0.427 e. The molecular weight excluding hydrogens is 346 g/mol. The van der Waals surface area contributed by atoms with E-state index >= 15 is 0 Å². The number of benzene rings is 2. The third kappa shape index (κ3) is 4.15. The topological polar surface area (TPSA) is 29.5 Å². The summed E-state index contributed by atoms with van der Waals surface area (Å²) < 4.78 is 5.54. The Morgan fingerprint density at radius 1 is 1.14 bits per heavy atom. The van der Waals surface area contributed by atoms with Crippen LogP contribution in [-0.4, -0.2) is 30.5 Å². The van der Waals surface area contributed by atoms with Crippen LogP contribution in [0.4, 0.5) is 0 Å². The molecule has 3 nitrogen and oxygen atoms in total. The zero-order chi connectivity index (χ0) is 19.6. The molecule has 0 amide bonds. The molecule has 0 radical (unpaired) electrons. The summed E-state index contributed by atoms with van der Waals surface area (Å²) in [6.07, 6.45) is 5.48. The van der Waals surface area contributed by atoms with Gasteiger partial charge in [-0.15, -0.1) is 0 Å². The Bertz CT molecular complexity index is 825. The van der Waals surface area contributed by atoms with Crippen LogP contribution in [0.25, 0.3) is 0 Å². The first-order valence-electron chi connectivity index (χ1n) is 10.7. The number of ether oxygens (including phenoxy) is 1. The van der Waals surface area contributed by atoms with Gasteiger partial charge in [0.05, 0.1) is 0 Å². The first kappa shape index (κ1) is 19.2. The zero-order valence-corrected chi connectivity index (χ0v) is 17.1. The highest BCUT2D eigenvalue weighted by Crippen LogP contribution is 2.42. The highest BCUT2D eigenvalue weighted by molar-refractivity contribution is 5.72. The highest BCUT2D eigenvalue weighted by Gasteiger charge is 2.40. The maximum absolute atomic E-state index is 11.8. The van der Waals surface area contributed by atoms with Crippen LogP contribution in [-0.2, 0) is 10.2 Å². The van der Waals surface area contributed by atoms with Crippen molar-refractivity contribution in [3.05, 3.63) is 65.2 Å². The van der Waals surface area contributed by atoms with Crippen molar-refractivity contribution in [1.82, 2.24) is 4.90 Å². The van der Waals surface area contributed by atoms with Crippen molar-refractivity contribution >= 4 is 5.97 Å². The van der Waals surface area contributed by atoms with Crippen molar-refractivity contribution in [3.8, 4) is 5.75 Å². The van der Waals surface area contributed by atoms with Gasteiger partial charge in [0.1, 0.15) is 5.75 Å². The van der Waals surface area contributed by atoms with E-state index in [1.165, 1.54) is 49.0 Å². The summed E-state index contributed by atoms with van der Waals surface area (Å²) in [6.45, 7) is 7.42. The van der Waals surface area contributed by atoms with Crippen molar-refractivity contribution in [2.45, 2.75) is 51.4 Å². The molecule has 0 spiro atoms. The molecule has 1 saturated carbocycles. The lowest BCUT2D eigenvalue weighted by Crippen LogP contribution is -2.47. The van der Waals surface area contributed by atoms with E-state index in [0.29, 0.717) is 12.2 Å². The Kier molecular flexibility index (Phi) is 5.54. The molecule has 0 N–H and O–H groups in total. The lowest BCUT2D eigenvalue weighted by atomic mass is 9.69. The number of nitrogens with zero attached hydrogens (tertiary/aromatic N) is 1. The second-order valence-corrected chi connectivity index (χ2v) is 8.59. The highest BCUT2D eigenvalue weighted by atomic mass is 16.5. The van der Waals surface area contributed by atoms with Gasteiger partial charge in [0.2, 0.25) is 0 Å². The summed E-state index contributed by atoms with van der Waals surface area (Å²) in [6, 6.07) is 17.3. The second kappa shape index (κ2) is 8.08. The van der Waals surface area contributed by atoms with Crippen LogP contribution in [0.2, 0.25) is 0 Å². The third-order valence-corrected chi connectivity index (χ3v) is 6.30. The molecule has 0 bridgehead atoms. The molecule has 3 heteroatoms. The molecule has 1 saturated heterocycles. The minimum absolute atomic E-state index is 0.0462. The summed E-state index contributed by atoms with van der Waals surface area (Å²) in [5, 5.41) is 0. The lowest BCUT2D eigenvalue weighted by molar-refractivity contribution is -0.134. The fourth-order valence-corrected chi connectivity index (χ4v) is 4.54. The molecule has 1 heterocycles. The molecule has 148 valence electrons. The van der Waals surface area contributed by atoms with Gasteiger partial charge in [-0.25, -0.2) is 0 Å². The van der Waals surface area contributed by atoms with Gasteiger partial charge in [0.25, 0.3) is 0 Å². The Balaban J connectivity index is 1.71. The lowest BCUT2D eigenvalue weighted by Gasteiger charge is -2.44. The molecule has 2 aliphatic rings. The number of rotatable bonds is 6. The molecule has 4 rings (SSSR count). The van der Waals surface area contributed by atoms with Crippen LogP contribution in [0, 0.1) is 12.8 Å². The summed E-state index contributed by atoms with van der Waals surface area (Å²) in [4.78, 5) is 14.5. The van der Waals surface area contributed by atoms with E-state index in [1.807, 2.05) is 19.1 Å². The minimum atomic E-state index is -0.180. The SMILES string of the molecule is CCC(=O)Oc1cccc(C2(c3ccc(C)cc3)CCCN(CC3CC3)C2)c1. The van der Waals surface area contributed by atoms with Gasteiger partial charge in [0, 0.05) is 24.9 Å². The van der Waals surface area contributed by atoms with Crippen LogP contribution in [0.1, 0.15) is 55.7 Å². The van der Waals surface area contributed by atoms with Crippen molar-refractivity contribution in [2.75, 3.05) is 19.6 Å². The Morgan fingerprint density at radius 2 is 1.93 bits per heavy atom. The van der Waals surface area contributed by atoms with Gasteiger partial charge in [0.15, 0.2) is 0 Å². The molecule has 2 aromatic rings. The molecule has 2 aromatic carbocycles. The fourth-order valence-electron chi connectivity index (χ4n) is 4.54. The zero-order valence-electron chi connectivity index (χ0n) is 17.1. The predicted molar refractivity (Wildman–Crippen MR) is 113 cm³/mol.